The van der Waals surface area contributed by atoms with E-state index in [9.17, 15) is 4.79 Å². The number of hydrogen-bond donors (Lipinski definition) is 1. The maximum Gasteiger partial charge on any atom is 0.238 e. The summed E-state index contributed by atoms with van der Waals surface area (Å²) in [5.41, 5.74) is 2.81. The third-order valence-corrected chi connectivity index (χ3v) is 2.42. The van der Waals surface area contributed by atoms with Crippen molar-refractivity contribution in [3.8, 4) is 17.2 Å². The Bertz CT molecular complexity index is 570. The van der Waals surface area contributed by atoms with Crippen molar-refractivity contribution >= 4 is 11.6 Å². The summed E-state index contributed by atoms with van der Waals surface area (Å²) in [4.78, 5) is 15.2. The highest BCUT2D eigenvalue weighted by atomic mass is 16.1. The molecule has 1 N–H and O–H groups in total. The molecule has 0 unspecified atom stereocenters. The average molecular weight is 237 g/mol. The van der Waals surface area contributed by atoms with Crippen LogP contribution in [0.25, 0.3) is 11.1 Å². The van der Waals surface area contributed by atoms with Gasteiger partial charge in [0.1, 0.15) is 6.42 Å². The number of nitriles is 1. The maximum atomic E-state index is 11.2. The molecular weight excluding hydrogens is 226 g/mol. The summed E-state index contributed by atoms with van der Waals surface area (Å²) in [5.74, 6) is -0.297. The number of nitrogens with zero attached hydrogens (tertiary/aromatic N) is 2. The van der Waals surface area contributed by atoms with Gasteiger partial charge in [0.05, 0.1) is 6.07 Å². The summed E-state index contributed by atoms with van der Waals surface area (Å²) in [5, 5.41) is 11.0. The summed E-state index contributed by atoms with van der Waals surface area (Å²) in [6.45, 7) is 0. The number of nitrogens with one attached hydrogen (secondary N) is 1. The molecule has 0 aliphatic heterocycles. The van der Waals surface area contributed by atoms with Crippen LogP contribution in [0.4, 0.5) is 5.69 Å². The lowest BCUT2D eigenvalue weighted by Gasteiger charge is -2.05. The van der Waals surface area contributed by atoms with Gasteiger partial charge in [-0.05, 0) is 35.4 Å². The van der Waals surface area contributed by atoms with Crippen LogP contribution in [-0.2, 0) is 4.79 Å². The van der Waals surface area contributed by atoms with E-state index in [-0.39, 0.29) is 12.3 Å². The third kappa shape index (κ3) is 2.92. The third-order valence-electron chi connectivity index (χ3n) is 2.42. The molecule has 0 fully saturated rings. The summed E-state index contributed by atoms with van der Waals surface area (Å²) < 4.78 is 0. The Balaban J connectivity index is 2.11. The summed E-state index contributed by atoms with van der Waals surface area (Å²) in [7, 11) is 0. The van der Waals surface area contributed by atoms with E-state index in [0.29, 0.717) is 5.69 Å². The van der Waals surface area contributed by atoms with Crippen LogP contribution < -0.4 is 5.32 Å². The van der Waals surface area contributed by atoms with Crippen LogP contribution in [0, 0.1) is 11.3 Å². The van der Waals surface area contributed by atoms with Crippen molar-refractivity contribution in [2.45, 2.75) is 6.42 Å². The van der Waals surface area contributed by atoms with Gasteiger partial charge in [0.25, 0.3) is 0 Å². The first kappa shape index (κ1) is 11.8. The molecule has 0 aliphatic rings. The summed E-state index contributed by atoms with van der Waals surface area (Å²) in [6.07, 6.45) is 3.34. The molecule has 1 amide bonds. The van der Waals surface area contributed by atoms with Gasteiger partial charge in [-0.2, -0.15) is 5.26 Å². The van der Waals surface area contributed by atoms with Crippen molar-refractivity contribution in [2.24, 2.45) is 0 Å². The molecule has 1 heterocycles. The number of rotatable bonds is 3. The van der Waals surface area contributed by atoms with Gasteiger partial charge in [-0.25, -0.2) is 0 Å². The fourth-order valence-electron chi connectivity index (χ4n) is 1.57. The molecule has 0 radical (unpaired) electrons. The highest BCUT2D eigenvalue weighted by Gasteiger charge is 2.01. The summed E-state index contributed by atoms with van der Waals surface area (Å²) >= 11 is 0. The second-order valence-electron chi connectivity index (χ2n) is 3.70. The lowest BCUT2D eigenvalue weighted by atomic mass is 10.1. The summed E-state index contributed by atoms with van der Waals surface area (Å²) in [6, 6.07) is 13.1. The SMILES string of the molecule is N#CCC(=O)Nc1ccc(-c2ccncc2)cc1. The lowest BCUT2D eigenvalue weighted by Crippen LogP contribution is -2.09. The Labute approximate surface area is 105 Å². The molecule has 1 aromatic heterocycles. The Morgan fingerprint density at radius 1 is 1.11 bits per heavy atom. The number of benzene rings is 1. The number of aromatic nitrogens is 1. The molecule has 88 valence electrons. The fraction of sp³-hybridized carbons (Fsp3) is 0.0714. The molecule has 18 heavy (non-hydrogen) atoms. The number of pyridine rings is 1. The smallest absolute Gasteiger partial charge is 0.238 e. The molecule has 0 aliphatic carbocycles. The van der Waals surface area contributed by atoms with Crippen molar-refractivity contribution in [1.82, 2.24) is 4.98 Å². The largest absolute Gasteiger partial charge is 0.325 e. The first-order valence-electron chi connectivity index (χ1n) is 5.47. The predicted octanol–water partition coefficient (Wildman–Crippen LogP) is 2.60. The molecule has 2 rings (SSSR count). The topological polar surface area (TPSA) is 65.8 Å². The van der Waals surface area contributed by atoms with Crippen molar-refractivity contribution in [3.05, 3.63) is 48.8 Å². The number of carbonyl (C=O) groups excluding carboxylic acids is 1. The molecular formula is C14H11N3O. The van der Waals surface area contributed by atoms with Crippen LogP contribution >= 0.6 is 0 Å². The van der Waals surface area contributed by atoms with Crippen molar-refractivity contribution in [1.29, 1.82) is 5.26 Å². The Kier molecular flexibility index (Phi) is 3.67. The second-order valence-corrected chi connectivity index (χ2v) is 3.70. The van der Waals surface area contributed by atoms with Crippen LogP contribution in [0.3, 0.4) is 0 Å². The van der Waals surface area contributed by atoms with Gasteiger partial charge in [-0.3, -0.25) is 9.78 Å². The Morgan fingerprint density at radius 2 is 1.72 bits per heavy atom. The van der Waals surface area contributed by atoms with E-state index in [0.717, 1.165) is 11.1 Å². The molecule has 1 aromatic carbocycles. The minimum Gasteiger partial charge on any atom is -0.325 e. The van der Waals surface area contributed by atoms with Crippen LogP contribution in [0.2, 0.25) is 0 Å². The Hall–Kier alpha value is -2.67. The zero-order valence-electron chi connectivity index (χ0n) is 9.63. The number of anilines is 1. The lowest BCUT2D eigenvalue weighted by molar-refractivity contribution is -0.115. The van der Waals surface area contributed by atoms with E-state index in [1.54, 1.807) is 18.5 Å². The minimum atomic E-state index is -0.297. The molecule has 2 aromatic rings. The van der Waals surface area contributed by atoms with Gasteiger partial charge >= 0.3 is 0 Å². The van der Waals surface area contributed by atoms with Crippen molar-refractivity contribution < 1.29 is 4.79 Å². The molecule has 4 heteroatoms. The van der Waals surface area contributed by atoms with Gasteiger partial charge in [0.2, 0.25) is 5.91 Å². The van der Waals surface area contributed by atoms with E-state index in [1.807, 2.05) is 36.4 Å². The van der Waals surface area contributed by atoms with Crippen molar-refractivity contribution in [3.63, 3.8) is 0 Å². The zero-order chi connectivity index (χ0) is 12.8. The molecule has 0 saturated heterocycles. The quantitative estimate of drug-likeness (QED) is 0.892. The van der Waals surface area contributed by atoms with E-state index < -0.39 is 0 Å². The van der Waals surface area contributed by atoms with Gasteiger partial charge in [0, 0.05) is 18.1 Å². The van der Waals surface area contributed by atoms with E-state index >= 15 is 0 Å². The van der Waals surface area contributed by atoms with Crippen LogP contribution in [0.1, 0.15) is 6.42 Å². The van der Waals surface area contributed by atoms with Gasteiger partial charge in [-0.15, -0.1) is 0 Å². The molecule has 0 saturated carbocycles. The second kappa shape index (κ2) is 5.60. The van der Waals surface area contributed by atoms with E-state index in [1.165, 1.54) is 0 Å². The average Bonchev–Trinajstić information content (AvgIpc) is 2.41. The number of amides is 1. The first-order valence-corrected chi connectivity index (χ1v) is 5.47. The van der Waals surface area contributed by atoms with Gasteiger partial charge in [-0.1, -0.05) is 12.1 Å². The normalized spacial score (nSPS) is 9.50. The standard InChI is InChI=1S/C14H11N3O/c15-8-5-14(18)17-13-3-1-11(2-4-13)12-6-9-16-10-7-12/h1-4,6-7,9-10H,5H2,(H,17,18). The van der Waals surface area contributed by atoms with Crippen molar-refractivity contribution in [2.75, 3.05) is 5.32 Å². The number of hydrogen-bond acceptors (Lipinski definition) is 3. The van der Waals surface area contributed by atoms with Crippen LogP contribution in [0.15, 0.2) is 48.8 Å². The van der Waals surface area contributed by atoms with Gasteiger partial charge in [0.15, 0.2) is 0 Å². The fourth-order valence-corrected chi connectivity index (χ4v) is 1.57. The molecule has 4 nitrogen and oxygen atoms in total. The Morgan fingerprint density at radius 3 is 2.33 bits per heavy atom. The van der Waals surface area contributed by atoms with E-state index in [2.05, 4.69) is 10.3 Å². The molecule has 0 spiro atoms. The number of carbonyl (C=O) groups is 1. The minimum absolute atomic E-state index is 0.133. The monoisotopic (exact) mass is 237 g/mol. The highest BCUT2D eigenvalue weighted by Crippen LogP contribution is 2.20. The van der Waals surface area contributed by atoms with Crippen LogP contribution in [0.5, 0.6) is 0 Å². The van der Waals surface area contributed by atoms with E-state index in [4.69, 9.17) is 5.26 Å². The predicted molar refractivity (Wildman–Crippen MR) is 68.5 cm³/mol. The first-order chi connectivity index (χ1) is 8.79. The zero-order valence-corrected chi connectivity index (χ0v) is 9.63. The van der Waals surface area contributed by atoms with Gasteiger partial charge < -0.3 is 5.32 Å². The van der Waals surface area contributed by atoms with Crippen LogP contribution in [-0.4, -0.2) is 10.9 Å². The maximum absolute atomic E-state index is 11.2. The highest BCUT2D eigenvalue weighted by molar-refractivity contribution is 5.92. The molecule has 0 bridgehead atoms. The molecule has 0 atom stereocenters.